The van der Waals surface area contributed by atoms with Gasteiger partial charge in [0.05, 0.1) is 0 Å². The third kappa shape index (κ3) is 7.05. The summed E-state index contributed by atoms with van der Waals surface area (Å²) in [5.74, 6) is 8.09. The molecule has 8 atom stereocenters. The molecular formula is C54H68Cl2Zr-2. The molecule has 3 heteroatoms. The maximum absolute atomic E-state index is 3.47. The zero-order chi connectivity index (χ0) is 39.1. The normalized spacial score (nSPS) is 39.9. The van der Waals surface area contributed by atoms with Gasteiger partial charge in [0.15, 0.2) is 0 Å². The Morgan fingerprint density at radius 2 is 1.40 bits per heavy atom. The molecule has 0 amide bonds. The Morgan fingerprint density at radius 3 is 1.98 bits per heavy atom. The number of hydrogen-bond acceptors (Lipinski definition) is 0. The number of allylic oxidation sites excluding steroid dienone is 10. The van der Waals surface area contributed by atoms with Crippen molar-refractivity contribution in [2.24, 2.45) is 69.0 Å². The van der Waals surface area contributed by atoms with Crippen molar-refractivity contribution >= 4 is 9.28 Å². The number of halogens is 2. The Hall–Kier alpha value is -1.66. The minimum atomic E-state index is 0. The summed E-state index contributed by atoms with van der Waals surface area (Å²) in [4.78, 5) is 0. The van der Waals surface area contributed by atoms with Gasteiger partial charge < -0.3 is 24.8 Å². The van der Waals surface area contributed by atoms with E-state index < -0.39 is 0 Å². The Morgan fingerprint density at radius 1 is 0.807 bits per heavy atom. The standard InChI is InChI=1S/C29H37.C17H23.C8H8.2ClH.Zr/c1-16-13-14-25-26-23-12-10-9-11-22(23)15-24(26)27-19(4)17(2)18(3)21(6)29(27,8)28(25,7)20(16)5;1-12-3-4-16(2,8-12)17-9-13-5-14(10-17)7-15(6-13)11-17;1-2-8-6-4-3-5-7-8;;;/h9-14,16-18,20-21H,15H2,1-8H3;4,8,13-15H,5-7,9-11H2,1-2H3;1,3-7H,2H2;2*1H;/q2*-1;;;;+2/p-2. The van der Waals surface area contributed by atoms with Gasteiger partial charge in [0.1, 0.15) is 0 Å². The molecular weight excluding hydrogens is 811 g/mol. The van der Waals surface area contributed by atoms with Crippen molar-refractivity contribution in [3.63, 3.8) is 0 Å². The van der Waals surface area contributed by atoms with Crippen LogP contribution in [0.4, 0.5) is 0 Å². The average Bonchev–Trinajstić information content (AvgIpc) is 3.72. The number of benzene rings is 2. The van der Waals surface area contributed by atoms with Crippen LogP contribution < -0.4 is 24.8 Å². The molecule has 57 heavy (non-hydrogen) atoms. The topological polar surface area (TPSA) is 0 Å². The van der Waals surface area contributed by atoms with Crippen LogP contribution in [0.5, 0.6) is 0 Å². The SMILES string of the molecule is CC1=CC(C)(C23CC4CC(CC(C4)C2)C3)C=[C-]1.C[C-]1C2=C3Cc4ccccc4C3=C3C=CC(C)C(C)C3(C)C2(C)C(C)C(C)C1C.[Cl-].[Cl-].[Zr+2]=[CH]Cc1ccccc1. The fourth-order valence-electron chi connectivity index (χ4n) is 14.4. The molecule has 2 aromatic rings. The van der Waals surface area contributed by atoms with E-state index in [-0.39, 0.29) is 35.6 Å². The summed E-state index contributed by atoms with van der Waals surface area (Å²) in [6, 6.07) is 19.7. The zero-order valence-corrected chi connectivity index (χ0v) is 40.6. The van der Waals surface area contributed by atoms with Gasteiger partial charge in [-0.3, -0.25) is 6.08 Å². The number of fused-ring (bicyclic) bond motifs is 6. The predicted molar refractivity (Wildman–Crippen MR) is 231 cm³/mol. The van der Waals surface area contributed by atoms with Crippen molar-refractivity contribution in [1.29, 1.82) is 0 Å². The molecule has 0 aromatic heterocycles. The second-order valence-electron chi connectivity index (χ2n) is 20.5. The van der Waals surface area contributed by atoms with Gasteiger partial charge in [-0.15, -0.1) is 6.92 Å². The fourth-order valence-corrected chi connectivity index (χ4v) is 15.0. The van der Waals surface area contributed by atoms with Crippen LogP contribution in [0.1, 0.15) is 124 Å². The molecule has 9 aliphatic carbocycles. The third-order valence-electron chi connectivity index (χ3n) is 18.0. The van der Waals surface area contributed by atoms with Gasteiger partial charge in [-0.2, -0.15) is 17.2 Å². The van der Waals surface area contributed by atoms with Crippen molar-refractivity contribution in [3.8, 4) is 0 Å². The first kappa shape index (κ1) is 44.9. The van der Waals surface area contributed by atoms with E-state index in [1.807, 2.05) is 6.07 Å². The van der Waals surface area contributed by atoms with Gasteiger partial charge in [-0.25, -0.2) is 17.6 Å². The van der Waals surface area contributed by atoms with Gasteiger partial charge in [-0.05, 0) is 96.3 Å². The summed E-state index contributed by atoms with van der Waals surface area (Å²) in [6.45, 7) is 24.9. The molecule has 304 valence electrons. The summed E-state index contributed by atoms with van der Waals surface area (Å²) >= 11 is 1.51. The van der Waals surface area contributed by atoms with Crippen LogP contribution in [0.3, 0.4) is 0 Å². The van der Waals surface area contributed by atoms with E-state index >= 15 is 0 Å². The van der Waals surface area contributed by atoms with Gasteiger partial charge in [0.2, 0.25) is 0 Å². The van der Waals surface area contributed by atoms with E-state index in [0.29, 0.717) is 40.4 Å². The van der Waals surface area contributed by atoms with E-state index in [1.54, 1.807) is 47.5 Å². The van der Waals surface area contributed by atoms with Crippen LogP contribution in [0.2, 0.25) is 0 Å². The van der Waals surface area contributed by atoms with Crippen LogP contribution >= 0.6 is 0 Å². The molecule has 4 bridgehead atoms. The van der Waals surface area contributed by atoms with Crippen molar-refractivity contribution in [2.45, 2.75) is 121 Å². The Kier molecular flexibility index (Phi) is 13.1. The second kappa shape index (κ2) is 16.7. The summed E-state index contributed by atoms with van der Waals surface area (Å²) in [5, 5.41) is 0. The summed E-state index contributed by atoms with van der Waals surface area (Å²) in [6.07, 6.45) is 24.8. The molecule has 5 fully saturated rings. The molecule has 9 aliphatic rings. The molecule has 0 saturated heterocycles. The zero-order valence-electron chi connectivity index (χ0n) is 36.6. The van der Waals surface area contributed by atoms with Crippen molar-refractivity contribution in [2.75, 3.05) is 0 Å². The molecule has 0 nitrogen and oxygen atoms in total. The molecule has 0 spiro atoms. The average molecular weight is 879 g/mol. The van der Waals surface area contributed by atoms with Crippen molar-refractivity contribution in [3.05, 3.63) is 130 Å². The van der Waals surface area contributed by atoms with Crippen molar-refractivity contribution < 1.29 is 49.0 Å². The fraction of sp³-hybridized carbons (Fsp3) is 0.556. The van der Waals surface area contributed by atoms with Gasteiger partial charge in [0.25, 0.3) is 0 Å². The van der Waals surface area contributed by atoms with E-state index in [4.69, 9.17) is 0 Å². The van der Waals surface area contributed by atoms with E-state index in [9.17, 15) is 0 Å². The first-order valence-electron chi connectivity index (χ1n) is 22.1. The Labute approximate surface area is 375 Å². The first-order valence-corrected chi connectivity index (χ1v) is 23.5. The second-order valence-corrected chi connectivity index (χ2v) is 21.5. The molecule has 2 aromatic carbocycles. The Balaban J connectivity index is 0.000000165. The summed E-state index contributed by atoms with van der Waals surface area (Å²) in [5.41, 5.74) is 13.6. The Bertz CT molecular complexity index is 1940. The number of rotatable bonds is 3. The van der Waals surface area contributed by atoms with Gasteiger partial charge in [-0.1, -0.05) is 133 Å². The van der Waals surface area contributed by atoms with Crippen LogP contribution in [-0.4, -0.2) is 3.71 Å². The molecule has 0 radical (unpaired) electrons. The van der Waals surface area contributed by atoms with E-state index in [2.05, 4.69) is 152 Å². The summed E-state index contributed by atoms with van der Waals surface area (Å²) in [7, 11) is 0. The number of hydrogen-bond donors (Lipinski definition) is 0. The van der Waals surface area contributed by atoms with Gasteiger partial charge in [0, 0.05) is 5.41 Å². The van der Waals surface area contributed by atoms with Gasteiger partial charge >= 0.3 is 70.3 Å². The van der Waals surface area contributed by atoms with Crippen molar-refractivity contribution in [1.82, 2.24) is 0 Å². The maximum atomic E-state index is 3.47. The van der Waals surface area contributed by atoms with Crippen LogP contribution in [0, 0.1) is 81.0 Å². The minimum absolute atomic E-state index is 0. The summed E-state index contributed by atoms with van der Waals surface area (Å²) < 4.78 is 2.25. The molecule has 0 N–H and O–H groups in total. The molecule has 11 rings (SSSR count). The monoisotopic (exact) mass is 876 g/mol. The third-order valence-corrected chi connectivity index (χ3v) is 18.5. The van der Waals surface area contributed by atoms with Crippen LogP contribution in [0.15, 0.2) is 101 Å². The molecule has 0 heterocycles. The van der Waals surface area contributed by atoms with Crippen LogP contribution in [-0.2, 0) is 37.1 Å². The quantitative estimate of drug-likeness (QED) is 0.277. The van der Waals surface area contributed by atoms with Crippen LogP contribution in [0.25, 0.3) is 5.57 Å². The first-order chi connectivity index (χ1) is 26.2. The van der Waals surface area contributed by atoms with E-state index in [1.165, 1.54) is 65.8 Å². The predicted octanol–water partition coefficient (Wildman–Crippen LogP) is 7.79. The molecule has 0 aliphatic heterocycles. The molecule has 5 saturated carbocycles. The molecule has 8 unspecified atom stereocenters. The van der Waals surface area contributed by atoms with E-state index in [0.717, 1.165) is 30.6 Å².